The number of carbonyl (C=O) groups is 3. The van der Waals surface area contributed by atoms with Gasteiger partial charge in [0.15, 0.2) is 11.4 Å². The van der Waals surface area contributed by atoms with E-state index in [2.05, 4.69) is 0 Å². The molecule has 8 heteroatoms. The summed E-state index contributed by atoms with van der Waals surface area (Å²) in [6.45, 7) is 10.5. The molecule has 0 heterocycles. The highest BCUT2D eigenvalue weighted by atomic mass is 16.6. The quantitative estimate of drug-likeness (QED) is 0.362. The summed E-state index contributed by atoms with van der Waals surface area (Å²) in [6.07, 6.45) is 2.72. The Bertz CT molecular complexity index is 1300. The lowest BCUT2D eigenvalue weighted by atomic mass is 9.59. The van der Waals surface area contributed by atoms with Crippen molar-refractivity contribution in [2.24, 2.45) is 35.0 Å². The van der Waals surface area contributed by atoms with Crippen LogP contribution in [0.4, 0.5) is 0 Å². The van der Waals surface area contributed by atoms with Gasteiger partial charge in [0.2, 0.25) is 0 Å². The third-order valence-electron chi connectivity index (χ3n) is 10.5. The Hall–Kier alpha value is -2.81. The summed E-state index contributed by atoms with van der Waals surface area (Å²) in [5.74, 6) is -5.04. The van der Waals surface area contributed by atoms with Crippen LogP contribution in [-0.2, 0) is 19.1 Å². The number of Topliss-reactive ketones (excluding diaryl/α,β-unsaturated/α-hetero) is 1. The minimum absolute atomic E-state index is 0.131. The van der Waals surface area contributed by atoms with Gasteiger partial charge in [-0.05, 0) is 36.6 Å². The predicted octanol–water partition coefficient (Wildman–Crippen LogP) is 3.39. The van der Waals surface area contributed by atoms with E-state index in [1.165, 1.54) is 0 Å². The molecule has 0 aliphatic heterocycles. The molecule has 8 nitrogen and oxygen atoms in total. The van der Waals surface area contributed by atoms with Gasteiger partial charge in [0, 0.05) is 35.5 Å². The molecule has 4 aliphatic rings. The van der Waals surface area contributed by atoms with Crippen molar-refractivity contribution < 1.29 is 39.2 Å². The van der Waals surface area contributed by atoms with Crippen molar-refractivity contribution in [3.8, 4) is 0 Å². The van der Waals surface area contributed by atoms with Gasteiger partial charge in [-0.1, -0.05) is 65.0 Å². The third-order valence-corrected chi connectivity index (χ3v) is 10.5. The summed E-state index contributed by atoms with van der Waals surface area (Å²) in [5, 5.41) is 34.9. The fourth-order valence-electron chi connectivity index (χ4n) is 8.01. The smallest absolute Gasteiger partial charge is 0.338 e. The van der Waals surface area contributed by atoms with Crippen molar-refractivity contribution in [3.05, 3.63) is 59.2 Å². The summed E-state index contributed by atoms with van der Waals surface area (Å²) >= 11 is 0. The molecule has 0 aromatic heterocycles. The van der Waals surface area contributed by atoms with Crippen LogP contribution in [0.15, 0.2) is 53.6 Å². The zero-order valence-corrected chi connectivity index (χ0v) is 24.0. The van der Waals surface area contributed by atoms with Crippen LogP contribution in [0.3, 0.4) is 0 Å². The van der Waals surface area contributed by atoms with E-state index in [1.54, 1.807) is 63.3 Å². The normalized spacial score (nSPS) is 39.9. The lowest BCUT2D eigenvalue weighted by Crippen LogP contribution is -2.66. The van der Waals surface area contributed by atoms with E-state index < -0.39 is 82.2 Å². The van der Waals surface area contributed by atoms with Gasteiger partial charge in [0.05, 0.1) is 23.7 Å². The average Bonchev–Trinajstić information content (AvgIpc) is 3.36. The first kappa shape index (κ1) is 28.7. The number of ether oxygens (including phenoxy) is 2. The van der Waals surface area contributed by atoms with Gasteiger partial charge in [-0.25, -0.2) is 4.79 Å². The minimum atomic E-state index is -1.96. The Balaban J connectivity index is 1.70. The second kappa shape index (κ2) is 9.36. The molecular weight excluding hydrogens is 512 g/mol. The number of hydrogen-bond acceptors (Lipinski definition) is 8. The standard InChI is InChI=1S/C32H40O8/c1-7-17(2)27(35)40-32-24(29(32,5)6)22-14-20(16-33)15-30(37)23(13-18(3)25(30)34)31(22,38)19(4)26(32)39-28(36)21-11-9-8-10-12-21/h8-14,17,19,22-24,26,33,37-38H,7,15-16H2,1-6H3. The molecule has 40 heavy (non-hydrogen) atoms. The van der Waals surface area contributed by atoms with Crippen molar-refractivity contribution in [2.45, 2.75) is 77.3 Å². The number of esters is 2. The maximum Gasteiger partial charge on any atom is 0.338 e. The second-order valence-corrected chi connectivity index (χ2v) is 12.9. The molecule has 0 spiro atoms. The minimum Gasteiger partial charge on any atom is -0.454 e. The van der Waals surface area contributed by atoms with Gasteiger partial charge in [-0.2, -0.15) is 0 Å². The fraction of sp³-hybridized carbons (Fsp3) is 0.594. The molecule has 1 aromatic carbocycles. The molecule has 0 radical (unpaired) electrons. The van der Waals surface area contributed by atoms with E-state index >= 15 is 0 Å². The molecular formula is C32H40O8. The van der Waals surface area contributed by atoms with E-state index in [4.69, 9.17) is 9.47 Å². The summed E-state index contributed by atoms with van der Waals surface area (Å²) in [6, 6.07) is 8.48. The second-order valence-electron chi connectivity index (χ2n) is 12.9. The number of aliphatic hydroxyl groups excluding tert-OH is 1. The van der Waals surface area contributed by atoms with Crippen LogP contribution in [-0.4, -0.2) is 62.6 Å². The van der Waals surface area contributed by atoms with Gasteiger partial charge >= 0.3 is 11.9 Å². The SMILES string of the molecule is CCC(C)C(=O)OC12C(OC(=O)c3ccccc3)C(C)C3(O)C(C=C(CO)CC4(O)C(=O)C(C)=CC43)C1C2(C)C. The highest BCUT2D eigenvalue weighted by Gasteiger charge is 2.88. The van der Waals surface area contributed by atoms with Crippen molar-refractivity contribution in [1.82, 2.24) is 0 Å². The molecule has 0 amide bonds. The molecule has 5 rings (SSSR count). The highest BCUT2D eigenvalue weighted by molar-refractivity contribution is 6.04. The van der Waals surface area contributed by atoms with Gasteiger partial charge in [0.1, 0.15) is 11.7 Å². The molecule has 2 saturated carbocycles. The van der Waals surface area contributed by atoms with Crippen LogP contribution in [0, 0.1) is 35.0 Å². The van der Waals surface area contributed by atoms with Gasteiger partial charge < -0.3 is 24.8 Å². The molecule has 0 bridgehead atoms. The number of hydrogen-bond donors (Lipinski definition) is 3. The number of aliphatic hydroxyl groups is 3. The maximum absolute atomic E-state index is 13.5. The van der Waals surface area contributed by atoms with E-state index in [0.29, 0.717) is 23.1 Å². The van der Waals surface area contributed by atoms with Crippen LogP contribution in [0.25, 0.3) is 0 Å². The largest absolute Gasteiger partial charge is 0.454 e. The molecule has 9 unspecified atom stereocenters. The Kier molecular flexibility index (Phi) is 6.72. The zero-order valence-electron chi connectivity index (χ0n) is 24.0. The number of carbonyl (C=O) groups excluding carboxylic acids is 3. The van der Waals surface area contributed by atoms with Crippen LogP contribution >= 0.6 is 0 Å². The van der Waals surface area contributed by atoms with E-state index in [0.717, 1.165) is 0 Å². The summed E-state index contributed by atoms with van der Waals surface area (Å²) < 4.78 is 12.6. The third kappa shape index (κ3) is 3.65. The van der Waals surface area contributed by atoms with E-state index in [-0.39, 0.29) is 6.42 Å². The van der Waals surface area contributed by atoms with E-state index in [9.17, 15) is 29.7 Å². The van der Waals surface area contributed by atoms with Gasteiger partial charge in [-0.3, -0.25) is 9.59 Å². The molecule has 3 N–H and O–H groups in total. The summed E-state index contributed by atoms with van der Waals surface area (Å²) in [5.41, 5.74) is -4.66. The van der Waals surface area contributed by atoms with Crippen LogP contribution < -0.4 is 0 Å². The average molecular weight is 553 g/mol. The Morgan fingerprint density at radius 1 is 1.12 bits per heavy atom. The Morgan fingerprint density at radius 3 is 2.38 bits per heavy atom. The first-order valence-corrected chi connectivity index (χ1v) is 14.2. The first-order valence-electron chi connectivity index (χ1n) is 14.2. The van der Waals surface area contributed by atoms with Crippen molar-refractivity contribution >= 4 is 17.7 Å². The monoisotopic (exact) mass is 552 g/mol. The number of rotatable bonds is 6. The summed E-state index contributed by atoms with van der Waals surface area (Å²) in [4.78, 5) is 40.1. The molecule has 9 atom stereocenters. The van der Waals surface area contributed by atoms with Gasteiger partial charge in [-0.15, -0.1) is 0 Å². The molecule has 4 aliphatic carbocycles. The van der Waals surface area contributed by atoms with Gasteiger partial charge in [0.25, 0.3) is 0 Å². The molecule has 0 saturated heterocycles. The molecule has 2 fully saturated rings. The Labute approximate surface area is 235 Å². The van der Waals surface area contributed by atoms with Crippen molar-refractivity contribution in [2.75, 3.05) is 6.61 Å². The predicted molar refractivity (Wildman–Crippen MR) is 146 cm³/mol. The fourth-order valence-corrected chi connectivity index (χ4v) is 8.01. The topological polar surface area (TPSA) is 130 Å². The Morgan fingerprint density at radius 2 is 1.77 bits per heavy atom. The van der Waals surface area contributed by atoms with Crippen LogP contribution in [0.2, 0.25) is 0 Å². The maximum atomic E-state index is 13.5. The summed E-state index contributed by atoms with van der Waals surface area (Å²) in [7, 11) is 0. The lowest BCUT2D eigenvalue weighted by molar-refractivity contribution is -0.221. The number of benzene rings is 1. The van der Waals surface area contributed by atoms with E-state index in [1.807, 2.05) is 20.8 Å². The highest BCUT2D eigenvalue weighted by Crippen LogP contribution is 2.77. The van der Waals surface area contributed by atoms with Crippen molar-refractivity contribution in [3.63, 3.8) is 0 Å². The lowest BCUT2D eigenvalue weighted by Gasteiger charge is -2.53. The van der Waals surface area contributed by atoms with Crippen LogP contribution in [0.5, 0.6) is 0 Å². The first-order chi connectivity index (χ1) is 18.7. The zero-order chi connectivity index (χ0) is 29.4. The van der Waals surface area contributed by atoms with Crippen molar-refractivity contribution in [1.29, 1.82) is 0 Å². The molecule has 1 aromatic rings. The number of fused-ring (bicyclic) bond motifs is 5. The number of ketones is 1. The molecule has 216 valence electrons. The van der Waals surface area contributed by atoms with Crippen LogP contribution in [0.1, 0.15) is 64.7 Å².